The Morgan fingerprint density at radius 1 is 1.14 bits per heavy atom. The molecule has 1 amide bonds. The molecule has 3 rings (SSSR count). The van der Waals surface area contributed by atoms with E-state index in [-0.39, 0.29) is 29.7 Å². The molecular weight excluding hydrogens is 435 g/mol. The van der Waals surface area contributed by atoms with Crippen molar-refractivity contribution >= 4 is 21.8 Å². The van der Waals surface area contributed by atoms with Gasteiger partial charge in [0.1, 0.15) is 28.5 Å². The second kappa shape index (κ2) is 8.56. The van der Waals surface area contributed by atoms with Crippen LogP contribution in [0.1, 0.15) is 46.4 Å². The Morgan fingerprint density at radius 2 is 1.72 bits per heavy atom. The highest BCUT2D eigenvalue weighted by Crippen LogP contribution is 2.32. The van der Waals surface area contributed by atoms with E-state index in [0.717, 1.165) is 47.9 Å². The fourth-order valence-electron chi connectivity index (χ4n) is 3.69. The van der Waals surface area contributed by atoms with Gasteiger partial charge in [-0.1, -0.05) is 13.8 Å². The zero-order valence-electron chi connectivity index (χ0n) is 17.9. The van der Waals surface area contributed by atoms with Gasteiger partial charge in [0.25, 0.3) is 0 Å². The number of halogens is 2. The average Bonchev–Trinajstić information content (AvgIpc) is 2.98. The minimum absolute atomic E-state index is 0.101. The quantitative estimate of drug-likeness (QED) is 0.667. The maximum absolute atomic E-state index is 13.3. The molecule has 1 aliphatic heterocycles. The van der Waals surface area contributed by atoms with Gasteiger partial charge >= 0.3 is 0 Å². The molecule has 0 N–H and O–H groups in total. The zero-order chi connectivity index (χ0) is 21.3. The number of rotatable bonds is 4. The number of benzene rings is 1. The standard InChI is InChI=1S/C22H30BrFN4O/c1-15(2)21-25-19(16-6-8-17(24)9-7-16)20(23)28(21)14-18(29)26-10-12-27(13-11-26)22(3,4)5/h6-9,15H,10-14H2,1-5H3. The van der Waals surface area contributed by atoms with E-state index in [2.05, 4.69) is 55.4 Å². The molecule has 0 saturated carbocycles. The molecule has 0 spiro atoms. The summed E-state index contributed by atoms with van der Waals surface area (Å²) in [6.45, 7) is 14.2. The summed E-state index contributed by atoms with van der Waals surface area (Å²) in [5.41, 5.74) is 1.68. The lowest BCUT2D eigenvalue weighted by Gasteiger charge is -2.42. The van der Waals surface area contributed by atoms with E-state index >= 15 is 0 Å². The van der Waals surface area contributed by atoms with Gasteiger partial charge in [-0.15, -0.1) is 0 Å². The van der Waals surface area contributed by atoms with Crippen LogP contribution < -0.4 is 0 Å². The molecular formula is C22H30BrFN4O. The van der Waals surface area contributed by atoms with Gasteiger partial charge in [-0.25, -0.2) is 9.37 Å². The molecule has 0 atom stereocenters. The molecule has 0 bridgehead atoms. The lowest BCUT2D eigenvalue weighted by Crippen LogP contribution is -2.55. The molecule has 1 saturated heterocycles. The Labute approximate surface area is 181 Å². The predicted octanol–water partition coefficient (Wildman–Crippen LogP) is 4.52. The van der Waals surface area contributed by atoms with Gasteiger partial charge < -0.3 is 9.47 Å². The number of hydrogen-bond donors (Lipinski definition) is 0. The Kier molecular flexibility index (Phi) is 6.48. The minimum Gasteiger partial charge on any atom is -0.339 e. The lowest BCUT2D eigenvalue weighted by atomic mass is 10.0. The van der Waals surface area contributed by atoms with E-state index in [1.165, 1.54) is 12.1 Å². The van der Waals surface area contributed by atoms with Crippen molar-refractivity contribution in [3.05, 3.63) is 40.5 Å². The molecule has 2 aromatic rings. The molecule has 5 nitrogen and oxygen atoms in total. The van der Waals surface area contributed by atoms with Crippen LogP contribution in [0.25, 0.3) is 11.3 Å². The van der Waals surface area contributed by atoms with Gasteiger partial charge in [-0.2, -0.15) is 0 Å². The van der Waals surface area contributed by atoms with Gasteiger partial charge in [-0.05, 0) is 61.0 Å². The second-order valence-corrected chi connectivity index (χ2v) is 9.65. The summed E-state index contributed by atoms with van der Waals surface area (Å²) >= 11 is 3.64. The molecule has 0 aliphatic carbocycles. The highest BCUT2D eigenvalue weighted by molar-refractivity contribution is 9.10. The first-order valence-electron chi connectivity index (χ1n) is 10.1. The number of aromatic nitrogens is 2. The van der Waals surface area contributed by atoms with Crippen LogP contribution in [-0.2, 0) is 11.3 Å². The molecule has 158 valence electrons. The third-order valence-corrected chi connectivity index (χ3v) is 6.25. The first kappa shape index (κ1) is 22.0. The summed E-state index contributed by atoms with van der Waals surface area (Å²) in [4.78, 5) is 22.1. The predicted molar refractivity (Wildman–Crippen MR) is 117 cm³/mol. The fraction of sp³-hybridized carbons (Fsp3) is 0.545. The lowest BCUT2D eigenvalue weighted by molar-refractivity contribution is -0.134. The van der Waals surface area contributed by atoms with Crippen molar-refractivity contribution in [1.29, 1.82) is 0 Å². The molecule has 0 unspecified atom stereocenters. The summed E-state index contributed by atoms with van der Waals surface area (Å²) < 4.78 is 16.0. The van der Waals surface area contributed by atoms with Crippen molar-refractivity contribution < 1.29 is 9.18 Å². The van der Waals surface area contributed by atoms with Crippen molar-refractivity contribution in [3.63, 3.8) is 0 Å². The van der Waals surface area contributed by atoms with Crippen LogP contribution in [0, 0.1) is 5.82 Å². The maximum atomic E-state index is 13.3. The van der Waals surface area contributed by atoms with E-state index in [4.69, 9.17) is 4.98 Å². The van der Waals surface area contributed by atoms with Gasteiger partial charge in [-0.3, -0.25) is 9.69 Å². The molecule has 1 fully saturated rings. The van der Waals surface area contributed by atoms with E-state index in [1.807, 2.05) is 9.47 Å². The summed E-state index contributed by atoms with van der Waals surface area (Å²) in [6.07, 6.45) is 0. The second-order valence-electron chi connectivity index (χ2n) is 8.90. The third kappa shape index (κ3) is 4.89. The molecule has 1 aromatic heterocycles. The molecule has 7 heteroatoms. The maximum Gasteiger partial charge on any atom is 0.242 e. The Bertz CT molecular complexity index is 862. The van der Waals surface area contributed by atoms with Crippen molar-refractivity contribution in [3.8, 4) is 11.3 Å². The normalized spacial score (nSPS) is 15.9. The van der Waals surface area contributed by atoms with E-state index in [9.17, 15) is 9.18 Å². The van der Waals surface area contributed by atoms with E-state index < -0.39 is 0 Å². The summed E-state index contributed by atoms with van der Waals surface area (Å²) in [7, 11) is 0. The van der Waals surface area contributed by atoms with Crippen molar-refractivity contribution in [1.82, 2.24) is 19.4 Å². The van der Waals surface area contributed by atoms with Gasteiger partial charge in [0, 0.05) is 43.2 Å². The largest absolute Gasteiger partial charge is 0.339 e. The highest BCUT2D eigenvalue weighted by atomic mass is 79.9. The number of imidazole rings is 1. The zero-order valence-corrected chi connectivity index (χ0v) is 19.5. The molecule has 1 aliphatic rings. The first-order valence-corrected chi connectivity index (χ1v) is 10.9. The monoisotopic (exact) mass is 464 g/mol. The minimum atomic E-state index is -0.280. The van der Waals surface area contributed by atoms with Crippen LogP contribution in [0.5, 0.6) is 0 Å². The van der Waals surface area contributed by atoms with Crippen LogP contribution in [0.3, 0.4) is 0 Å². The first-order chi connectivity index (χ1) is 13.6. The number of piperazine rings is 1. The fourth-order valence-corrected chi connectivity index (χ4v) is 4.32. The van der Waals surface area contributed by atoms with Gasteiger partial charge in [0.2, 0.25) is 5.91 Å². The Balaban J connectivity index is 1.80. The van der Waals surface area contributed by atoms with Crippen LogP contribution in [-0.4, -0.2) is 57.0 Å². The third-order valence-electron chi connectivity index (χ3n) is 5.44. The number of nitrogens with zero attached hydrogens (tertiary/aromatic N) is 4. The van der Waals surface area contributed by atoms with E-state index in [1.54, 1.807) is 12.1 Å². The van der Waals surface area contributed by atoms with Gasteiger partial charge in [0.15, 0.2) is 0 Å². The number of carbonyl (C=O) groups is 1. The molecule has 29 heavy (non-hydrogen) atoms. The Hall–Kier alpha value is -1.73. The summed E-state index contributed by atoms with van der Waals surface area (Å²) in [5, 5.41) is 0. The SMILES string of the molecule is CC(C)c1nc(-c2ccc(F)cc2)c(Br)n1CC(=O)N1CCN(C(C)(C)C)CC1. The smallest absolute Gasteiger partial charge is 0.242 e. The van der Waals surface area contributed by atoms with Crippen molar-refractivity contribution in [2.24, 2.45) is 0 Å². The number of hydrogen-bond acceptors (Lipinski definition) is 3. The van der Waals surface area contributed by atoms with E-state index in [0.29, 0.717) is 0 Å². The number of carbonyl (C=O) groups excluding carboxylic acids is 1. The average molecular weight is 465 g/mol. The molecule has 2 heterocycles. The van der Waals surface area contributed by atoms with Crippen LogP contribution >= 0.6 is 15.9 Å². The summed E-state index contributed by atoms with van der Waals surface area (Å²) in [5.74, 6) is 0.825. The molecule has 0 radical (unpaired) electrons. The Morgan fingerprint density at radius 3 is 2.24 bits per heavy atom. The van der Waals surface area contributed by atoms with Gasteiger partial charge in [0.05, 0.1) is 0 Å². The summed E-state index contributed by atoms with van der Waals surface area (Å²) in [6, 6.07) is 6.28. The van der Waals surface area contributed by atoms with Crippen molar-refractivity contribution in [2.45, 2.75) is 52.6 Å². The highest BCUT2D eigenvalue weighted by Gasteiger charge is 2.29. The van der Waals surface area contributed by atoms with Crippen LogP contribution in [0.15, 0.2) is 28.9 Å². The molecule has 1 aromatic carbocycles. The van der Waals surface area contributed by atoms with Crippen LogP contribution in [0.4, 0.5) is 4.39 Å². The topological polar surface area (TPSA) is 41.4 Å². The van der Waals surface area contributed by atoms with Crippen LogP contribution in [0.2, 0.25) is 0 Å². The van der Waals surface area contributed by atoms with Crippen molar-refractivity contribution in [2.75, 3.05) is 26.2 Å². The number of amides is 1.